The van der Waals surface area contributed by atoms with Crippen molar-refractivity contribution in [3.8, 4) is 0 Å². The van der Waals surface area contributed by atoms with Crippen LogP contribution >= 0.6 is 11.8 Å². The maximum atomic E-state index is 4.74. The van der Waals surface area contributed by atoms with Gasteiger partial charge in [-0.3, -0.25) is 0 Å². The normalized spacial score (nSPS) is 18.7. The minimum absolute atomic E-state index is 0.572. The van der Waals surface area contributed by atoms with Gasteiger partial charge in [0.1, 0.15) is 5.82 Å². The maximum Gasteiger partial charge on any atom is 0.138 e. The lowest BCUT2D eigenvalue weighted by atomic mass is 9.85. The minimum Gasteiger partial charge on any atom is -0.314 e. The predicted octanol–water partition coefficient (Wildman–Crippen LogP) is 2.75. The summed E-state index contributed by atoms with van der Waals surface area (Å²) in [5, 5.41) is 3.55. The van der Waals surface area contributed by atoms with Crippen molar-refractivity contribution in [3.05, 3.63) is 22.8 Å². The predicted molar refractivity (Wildman–Crippen MR) is 82.6 cm³/mol. The molecule has 1 atom stereocenters. The molecule has 1 N–H and O–H groups in total. The summed E-state index contributed by atoms with van der Waals surface area (Å²) in [6, 6.07) is 0.572. The summed E-state index contributed by atoms with van der Waals surface area (Å²) in [5.41, 5.74) is 3.91. The van der Waals surface area contributed by atoms with Gasteiger partial charge in [0, 0.05) is 17.4 Å². The second-order valence-corrected chi connectivity index (χ2v) is 6.62. The Kier molecular flexibility index (Phi) is 5.22. The van der Waals surface area contributed by atoms with Gasteiger partial charge in [-0.25, -0.2) is 9.97 Å². The van der Waals surface area contributed by atoms with Crippen molar-refractivity contribution in [1.29, 1.82) is 0 Å². The highest BCUT2D eigenvalue weighted by molar-refractivity contribution is 7.97. The Bertz CT molecular complexity index is 432. The molecule has 106 valence electrons. The van der Waals surface area contributed by atoms with Crippen molar-refractivity contribution in [2.24, 2.45) is 5.92 Å². The first-order valence-corrected chi connectivity index (χ1v) is 8.57. The minimum atomic E-state index is 0.572. The Hall–Kier alpha value is -0.610. The van der Waals surface area contributed by atoms with Gasteiger partial charge in [0.25, 0.3) is 0 Å². The highest BCUT2D eigenvalue weighted by Crippen LogP contribution is 2.26. The van der Waals surface area contributed by atoms with Gasteiger partial charge in [0.2, 0.25) is 0 Å². The molecule has 0 saturated carbocycles. The number of aromatic nitrogens is 2. The molecule has 4 heteroatoms. The standard InChI is InChI=1S/C15H25N3S/c1-10(2)16-8-12-5-6-14-13(7-12)11(3)17-15(18-14)9-19-4/h10,12,16H,5-9H2,1-4H3. The third-order valence-corrected chi connectivity index (χ3v) is 4.26. The quantitative estimate of drug-likeness (QED) is 0.899. The molecule has 0 amide bonds. The van der Waals surface area contributed by atoms with Crippen LogP contribution in [0.2, 0.25) is 0 Å². The van der Waals surface area contributed by atoms with Crippen LogP contribution in [-0.4, -0.2) is 28.8 Å². The zero-order chi connectivity index (χ0) is 13.8. The van der Waals surface area contributed by atoms with E-state index in [-0.39, 0.29) is 0 Å². The van der Waals surface area contributed by atoms with Gasteiger partial charge in [0.05, 0.1) is 5.75 Å². The molecule has 0 saturated heterocycles. The smallest absolute Gasteiger partial charge is 0.138 e. The number of hydrogen-bond acceptors (Lipinski definition) is 4. The Morgan fingerprint density at radius 3 is 2.84 bits per heavy atom. The monoisotopic (exact) mass is 279 g/mol. The Labute approximate surface area is 121 Å². The zero-order valence-electron chi connectivity index (χ0n) is 12.5. The molecule has 0 radical (unpaired) electrons. The summed E-state index contributed by atoms with van der Waals surface area (Å²) in [7, 11) is 0. The van der Waals surface area contributed by atoms with Gasteiger partial charge in [-0.2, -0.15) is 11.8 Å². The van der Waals surface area contributed by atoms with Crippen LogP contribution in [0.1, 0.15) is 43.0 Å². The second kappa shape index (κ2) is 6.71. The second-order valence-electron chi connectivity index (χ2n) is 5.76. The number of thioether (sulfide) groups is 1. The van der Waals surface area contributed by atoms with E-state index in [9.17, 15) is 0 Å². The lowest BCUT2D eigenvalue weighted by Gasteiger charge is -2.26. The molecule has 1 aliphatic carbocycles. The molecule has 1 aliphatic rings. The van der Waals surface area contributed by atoms with Crippen LogP contribution in [0.25, 0.3) is 0 Å². The van der Waals surface area contributed by atoms with Crippen LogP contribution < -0.4 is 5.32 Å². The average Bonchev–Trinajstić information content (AvgIpc) is 2.37. The van der Waals surface area contributed by atoms with E-state index in [1.54, 1.807) is 11.8 Å². The fourth-order valence-corrected chi connectivity index (χ4v) is 3.08. The molecule has 1 aromatic rings. The fourth-order valence-electron chi connectivity index (χ4n) is 2.69. The van der Waals surface area contributed by atoms with Crippen LogP contribution in [0.4, 0.5) is 0 Å². The summed E-state index contributed by atoms with van der Waals surface area (Å²) in [4.78, 5) is 9.39. The third kappa shape index (κ3) is 3.93. The van der Waals surface area contributed by atoms with Crippen LogP contribution in [0, 0.1) is 12.8 Å². The van der Waals surface area contributed by atoms with Gasteiger partial charge in [-0.05, 0) is 50.5 Å². The third-order valence-electron chi connectivity index (χ3n) is 3.72. The molecule has 0 fully saturated rings. The highest BCUT2D eigenvalue weighted by Gasteiger charge is 2.22. The van der Waals surface area contributed by atoms with Gasteiger partial charge in [-0.15, -0.1) is 0 Å². The van der Waals surface area contributed by atoms with Crippen molar-refractivity contribution in [3.63, 3.8) is 0 Å². The molecule has 1 heterocycles. The van der Waals surface area contributed by atoms with Crippen LogP contribution in [0.15, 0.2) is 0 Å². The molecular formula is C15H25N3S. The molecule has 0 aliphatic heterocycles. The van der Waals surface area contributed by atoms with Crippen LogP contribution in [0.5, 0.6) is 0 Å². The first kappa shape index (κ1) is 14.8. The lowest BCUT2D eigenvalue weighted by Crippen LogP contribution is -2.32. The lowest BCUT2D eigenvalue weighted by molar-refractivity contribution is 0.401. The molecule has 2 rings (SSSR count). The van der Waals surface area contributed by atoms with Crippen molar-refractivity contribution in [2.45, 2.75) is 51.8 Å². The zero-order valence-corrected chi connectivity index (χ0v) is 13.3. The molecular weight excluding hydrogens is 254 g/mol. The first-order chi connectivity index (χ1) is 9.10. The van der Waals surface area contributed by atoms with Crippen molar-refractivity contribution < 1.29 is 0 Å². The summed E-state index contributed by atoms with van der Waals surface area (Å²) >= 11 is 1.79. The average molecular weight is 279 g/mol. The number of nitrogens with zero attached hydrogens (tertiary/aromatic N) is 2. The maximum absolute atomic E-state index is 4.74. The first-order valence-electron chi connectivity index (χ1n) is 7.17. The van der Waals surface area contributed by atoms with E-state index in [1.807, 2.05) is 0 Å². The molecule has 0 bridgehead atoms. The van der Waals surface area contributed by atoms with E-state index < -0.39 is 0 Å². The number of fused-ring (bicyclic) bond motifs is 1. The summed E-state index contributed by atoms with van der Waals surface area (Å²) in [6.45, 7) is 7.67. The van der Waals surface area contributed by atoms with Crippen molar-refractivity contribution in [1.82, 2.24) is 15.3 Å². The molecule has 19 heavy (non-hydrogen) atoms. The van der Waals surface area contributed by atoms with E-state index in [1.165, 1.54) is 23.4 Å². The highest BCUT2D eigenvalue weighted by atomic mass is 32.2. The molecule has 1 aromatic heterocycles. The fraction of sp³-hybridized carbons (Fsp3) is 0.733. The van der Waals surface area contributed by atoms with E-state index in [0.29, 0.717) is 6.04 Å². The van der Waals surface area contributed by atoms with Gasteiger partial charge >= 0.3 is 0 Å². The number of hydrogen-bond donors (Lipinski definition) is 1. The molecule has 0 spiro atoms. The Morgan fingerprint density at radius 1 is 1.37 bits per heavy atom. The van der Waals surface area contributed by atoms with E-state index in [0.717, 1.165) is 36.9 Å². The molecule has 1 unspecified atom stereocenters. The van der Waals surface area contributed by atoms with Gasteiger partial charge in [0.15, 0.2) is 0 Å². The Morgan fingerprint density at radius 2 is 2.16 bits per heavy atom. The van der Waals surface area contributed by atoms with Crippen LogP contribution in [-0.2, 0) is 18.6 Å². The number of nitrogens with one attached hydrogen (secondary N) is 1. The summed E-state index contributed by atoms with van der Waals surface area (Å²) in [6.07, 6.45) is 5.61. The number of aryl methyl sites for hydroxylation is 2. The van der Waals surface area contributed by atoms with E-state index in [4.69, 9.17) is 4.98 Å². The van der Waals surface area contributed by atoms with E-state index in [2.05, 4.69) is 37.3 Å². The topological polar surface area (TPSA) is 37.8 Å². The van der Waals surface area contributed by atoms with E-state index >= 15 is 0 Å². The molecule has 3 nitrogen and oxygen atoms in total. The summed E-state index contributed by atoms with van der Waals surface area (Å²) in [5.74, 6) is 2.66. The van der Waals surface area contributed by atoms with Crippen LogP contribution in [0.3, 0.4) is 0 Å². The van der Waals surface area contributed by atoms with Crippen molar-refractivity contribution in [2.75, 3.05) is 12.8 Å². The van der Waals surface area contributed by atoms with Crippen molar-refractivity contribution >= 4 is 11.8 Å². The SMILES string of the molecule is CSCc1nc(C)c2c(n1)CCC(CNC(C)C)C2. The van der Waals surface area contributed by atoms with Gasteiger partial charge < -0.3 is 5.32 Å². The molecule has 0 aromatic carbocycles. The Balaban J connectivity index is 2.08. The largest absolute Gasteiger partial charge is 0.314 e. The summed E-state index contributed by atoms with van der Waals surface area (Å²) < 4.78 is 0. The van der Waals surface area contributed by atoms with Gasteiger partial charge in [-0.1, -0.05) is 13.8 Å². The number of rotatable bonds is 5.